The molecule has 1 nitrogen and oxygen atoms in total. The normalized spacial score (nSPS) is 13.4. The minimum atomic E-state index is -0.998. The number of alkyl halides is 1. The zero-order valence-electron chi connectivity index (χ0n) is 9.38. The molecule has 1 N–H and O–H groups in total. The number of hydrogen-bond donors (Lipinski definition) is 1. The van der Waals surface area contributed by atoms with Crippen LogP contribution < -0.4 is 0 Å². The van der Waals surface area contributed by atoms with Gasteiger partial charge in [-0.1, -0.05) is 60.7 Å². The van der Waals surface area contributed by atoms with E-state index in [9.17, 15) is 5.11 Å². The smallest absolute Gasteiger partial charge is 0.120 e. The van der Waals surface area contributed by atoms with Crippen molar-refractivity contribution >= 4 is 11.6 Å². The van der Waals surface area contributed by atoms with Gasteiger partial charge in [0.2, 0.25) is 0 Å². The average molecular weight is 246 g/mol. The van der Waals surface area contributed by atoms with Gasteiger partial charge in [-0.05, 0) is 18.1 Å². The molecule has 0 amide bonds. The summed E-state index contributed by atoms with van der Waals surface area (Å²) in [6.07, 6.45) is -0.922. The summed E-state index contributed by atoms with van der Waals surface area (Å²) in [5.41, 5.74) is 1.69. The van der Waals surface area contributed by atoms with Crippen molar-refractivity contribution in [2.75, 3.05) is 0 Å². The Morgan fingerprint density at radius 2 is 1.24 bits per heavy atom. The maximum absolute atomic E-state index is 9.94. The van der Waals surface area contributed by atoms with E-state index in [0.29, 0.717) is 0 Å². The van der Waals surface area contributed by atoms with Gasteiger partial charge in [-0.3, -0.25) is 0 Å². The Labute approximate surface area is 107 Å². The topological polar surface area (TPSA) is 20.2 Å². The highest BCUT2D eigenvalue weighted by molar-refractivity contribution is 6.26. The van der Waals surface area contributed by atoms with Gasteiger partial charge in [0.1, 0.15) is 4.87 Å². The molecule has 87 valence electrons. The molecule has 0 aromatic heterocycles. The van der Waals surface area contributed by atoms with Crippen molar-refractivity contribution in [3.63, 3.8) is 0 Å². The molecule has 0 saturated carbocycles. The van der Waals surface area contributed by atoms with Crippen molar-refractivity contribution in [2.24, 2.45) is 0 Å². The van der Waals surface area contributed by atoms with Crippen LogP contribution in [0.1, 0.15) is 11.1 Å². The number of benzene rings is 2. The monoisotopic (exact) mass is 245 g/mol. The summed E-state index contributed by atoms with van der Waals surface area (Å²) in [5.74, 6) is 0. The largest absolute Gasteiger partial charge is 0.391 e. The van der Waals surface area contributed by atoms with Crippen LogP contribution in [0.3, 0.4) is 0 Å². The van der Waals surface area contributed by atoms with E-state index in [1.165, 1.54) is 0 Å². The second-order valence-electron chi connectivity index (χ2n) is 3.96. The van der Waals surface area contributed by atoms with Crippen molar-refractivity contribution in [2.45, 2.75) is 11.0 Å². The zero-order valence-corrected chi connectivity index (χ0v) is 10.1. The highest BCUT2D eigenvalue weighted by Gasteiger charge is 2.36. The molecule has 0 spiro atoms. The average Bonchev–Trinajstić information content (AvgIpc) is 2.39. The van der Waals surface area contributed by atoms with Crippen LogP contribution in [0.4, 0.5) is 0 Å². The zero-order chi connectivity index (χ0) is 12.3. The summed E-state index contributed by atoms with van der Waals surface area (Å²) in [5, 5.41) is 9.94. The maximum atomic E-state index is 9.94. The summed E-state index contributed by atoms with van der Waals surface area (Å²) < 4.78 is 0. The predicted molar refractivity (Wildman–Crippen MR) is 70.9 cm³/mol. The quantitative estimate of drug-likeness (QED) is 0.823. The molecule has 0 saturated heterocycles. The van der Waals surface area contributed by atoms with E-state index in [-0.39, 0.29) is 0 Å². The summed E-state index contributed by atoms with van der Waals surface area (Å²) in [7, 11) is 0. The molecule has 0 aliphatic heterocycles. The van der Waals surface area contributed by atoms with E-state index in [1.54, 1.807) is 0 Å². The fourth-order valence-electron chi connectivity index (χ4n) is 1.91. The fraction of sp³-hybridized carbons (Fsp3) is 0.133. The second kappa shape index (κ2) is 4.91. The van der Waals surface area contributed by atoms with Gasteiger partial charge in [0.05, 0.1) is 6.10 Å². The van der Waals surface area contributed by atoms with Gasteiger partial charge in [0.25, 0.3) is 0 Å². The van der Waals surface area contributed by atoms with Crippen molar-refractivity contribution in [3.8, 4) is 0 Å². The van der Waals surface area contributed by atoms with Crippen LogP contribution in [0.25, 0.3) is 0 Å². The standard InChI is InChI=1S/C15H14ClO/c1-12(17)15(16,13-8-4-2-5-9-13)14-10-6-3-7-11-14/h2-12,17H,1H2. The molecule has 1 radical (unpaired) electrons. The fourth-order valence-corrected chi connectivity index (χ4v) is 2.16. The molecule has 0 fully saturated rings. The Morgan fingerprint density at radius 3 is 1.53 bits per heavy atom. The maximum Gasteiger partial charge on any atom is 0.120 e. The Bertz CT molecular complexity index is 425. The minimum Gasteiger partial charge on any atom is -0.391 e. The molecule has 0 heterocycles. The molecule has 1 atom stereocenters. The Kier molecular flexibility index (Phi) is 3.51. The van der Waals surface area contributed by atoms with Crippen LogP contribution in [0, 0.1) is 6.92 Å². The molecule has 2 rings (SSSR count). The van der Waals surface area contributed by atoms with Crippen molar-refractivity contribution in [1.82, 2.24) is 0 Å². The van der Waals surface area contributed by atoms with Gasteiger partial charge in [-0.2, -0.15) is 0 Å². The second-order valence-corrected chi connectivity index (χ2v) is 4.56. The van der Waals surface area contributed by atoms with Gasteiger partial charge in [-0.15, -0.1) is 11.6 Å². The summed E-state index contributed by atoms with van der Waals surface area (Å²) in [6.45, 7) is 3.69. The third kappa shape index (κ3) is 2.21. The molecule has 1 unspecified atom stereocenters. The summed E-state index contributed by atoms with van der Waals surface area (Å²) in [4.78, 5) is -0.998. The van der Waals surface area contributed by atoms with Crippen LogP contribution in [0.15, 0.2) is 60.7 Å². The van der Waals surface area contributed by atoms with Gasteiger partial charge in [0.15, 0.2) is 0 Å². The van der Waals surface area contributed by atoms with E-state index in [2.05, 4.69) is 6.92 Å². The van der Waals surface area contributed by atoms with Crippen LogP contribution in [0.2, 0.25) is 0 Å². The molecule has 2 aromatic rings. The van der Waals surface area contributed by atoms with E-state index in [0.717, 1.165) is 11.1 Å². The van der Waals surface area contributed by atoms with E-state index < -0.39 is 11.0 Å². The molecule has 0 aliphatic carbocycles. The SMILES string of the molecule is [CH2]C(O)C(Cl)(c1ccccc1)c1ccccc1. The molecular formula is C15H14ClO. The molecule has 17 heavy (non-hydrogen) atoms. The highest BCUT2D eigenvalue weighted by atomic mass is 35.5. The predicted octanol–water partition coefficient (Wildman–Crippen LogP) is 3.36. The summed E-state index contributed by atoms with van der Waals surface area (Å²) in [6, 6.07) is 19.0. The number of aliphatic hydroxyl groups is 1. The van der Waals surface area contributed by atoms with Crippen LogP contribution >= 0.6 is 11.6 Å². The molecule has 2 aromatic carbocycles. The highest BCUT2D eigenvalue weighted by Crippen LogP contribution is 2.39. The van der Waals surface area contributed by atoms with Crippen molar-refractivity contribution in [1.29, 1.82) is 0 Å². The third-order valence-corrected chi connectivity index (χ3v) is 3.54. The first-order valence-corrected chi connectivity index (χ1v) is 5.84. The van der Waals surface area contributed by atoms with E-state index in [4.69, 9.17) is 11.6 Å². The van der Waals surface area contributed by atoms with Gasteiger partial charge < -0.3 is 5.11 Å². The molecule has 0 bridgehead atoms. The van der Waals surface area contributed by atoms with Gasteiger partial charge in [0, 0.05) is 0 Å². The van der Waals surface area contributed by atoms with Crippen LogP contribution in [-0.2, 0) is 4.87 Å². The number of halogens is 1. The van der Waals surface area contributed by atoms with E-state index in [1.807, 2.05) is 60.7 Å². The Balaban J connectivity index is 2.55. The molecular weight excluding hydrogens is 232 g/mol. The Hall–Kier alpha value is -1.31. The minimum absolute atomic E-state index is 0.843. The first kappa shape index (κ1) is 12.2. The lowest BCUT2D eigenvalue weighted by atomic mass is 9.86. The van der Waals surface area contributed by atoms with Crippen LogP contribution in [-0.4, -0.2) is 11.2 Å². The number of rotatable bonds is 3. The lowest BCUT2D eigenvalue weighted by molar-refractivity contribution is 0.184. The number of hydrogen-bond acceptors (Lipinski definition) is 1. The van der Waals surface area contributed by atoms with Crippen molar-refractivity contribution in [3.05, 3.63) is 78.7 Å². The van der Waals surface area contributed by atoms with Crippen molar-refractivity contribution < 1.29 is 5.11 Å². The lowest BCUT2D eigenvalue weighted by Crippen LogP contribution is -2.33. The molecule has 2 heteroatoms. The number of aliphatic hydroxyl groups excluding tert-OH is 1. The van der Waals surface area contributed by atoms with Gasteiger partial charge >= 0.3 is 0 Å². The summed E-state index contributed by atoms with van der Waals surface area (Å²) >= 11 is 6.61. The molecule has 0 aliphatic rings. The van der Waals surface area contributed by atoms with Gasteiger partial charge in [-0.25, -0.2) is 0 Å². The Morgan fingerprint density at radius 1 is 0.882 bits per heavy atom. The third-order valence-electron chi connectivity index (χ3n) is 2.85. The van der Waals surface area contributed by atoms with Crippen LogP contribution in [0.5, 0.6) is 0 Å². The first-order valence-electron chi connectivity index (χ1n) is 5.47. The first-order chi connectivity index (χ1) is 8.15. The van der Waals surface area contributed by atoms with E-state index >= 15 is 0 Å². The lowest BCUT2D eigenvalue weighted by Gasteiger charge is -2.31.